The predicted molar refractivity (Wildman–Crippen MR) is 123 cm³/mol. The Morgan fingerprint density at radius 3 is 2.15 bits per heavy atom. The van der Waals surface area contributed by atoms with E-state index >= 15 is 0 Å². The van der Waals surface area contributed by atoms with Crippen molar-refractivity contribution in [1.29, 1.82) is 0 Å². The number of aromatic nitrogens is 1. The fourth-order valence-electron chi connectivity index (χ4n) is 3.59. The molecule has 34 heavy (non-hydrogen) atoms. The van der Waals surface area contributed by atoms with Gasteiger partial charge in [0.15, 0.2) is 24.6 Å². The van der Waals surface area contributed by atoms with Crippen molar-refractivity contribution in [3.63, 3.8) is 0 Å². The topological polar surface area (TPSA) is 154 Å². The Balaban J connectivity index is 0.000000347. The van der Waals surface area contributed by atoms with Crippen LogP contribution >= 0.6 is 0 Å². The average molecular weight is 477 g/mol. The molecule has 1 saturated heterocycles. The van der Waals surface area contributed by atoms with Crippen molar-refractivity contribution in [3.8, 4) is 16.9 Å². The van der Waals surface area contributed by atoms with Crippen LogP contribution in [0.25, 0.3) is 11.1 Å². The Morgan fingerprint density at radius 2 is 1.62 bits per heavy atom. The largest absolute Gasteiger partial charge is 0.619 e. The lowest BCUT2D eigenvalue weighted by Crippen LogP contribution is -2.39. The minimum absolute atomic E-state index is 0.756. The van der Waals surface area contributed by atoms with Crippen LogP contribution in [0.3, 0.4) is 0 Å². The number of carbonyl (C=O) groups is 2. The Labute approximate surface area is 198 Å². The highest BCUT2D eigenvalue weighted by Crippen LogP contribution is 2.21. The summed E-state index contributed by atoms with van der Waals surface area (Å²) in [6.07, 6.45) is 2.26. The van der Waals surface area contributed by atoms with E-state index in [0.717, 1.165) is 47.1 Å². The summed E-state index contributed by atoms with van der Waals surface area (Å²) in [5.74, 6) is -1.80. The van der Waals surface area contributed by atoms with E-state index in [1.54, 1.807) is 0 Å². The third kappa shape index (κ3) is 8.97. The number of aliphatic hydroxyl groups excluding tert-OH is 2. The van der Waals surface area contributed by atoms with Crippen molar-refractivity contribution in [1.82, 2.24) is 4.90 Å². The Morgan fingerprint density at radius 1 is 1.06 bits per heavy atom. The number of carboxylic acid groups (broad SMARTS) is 2. The van der Waals surface area contributed by atoms with Crippen molar-refractivity contribution < 1.29 is 39.5 Å². The fourth-order valence-corrected chi connectivity index (χ4v) is 3.59. The third-order valence-electron chi connectivity index (χ3n) is 5.42. The number of carboxylic acids is 2. The van der Waals surface area contributed by atoms with E-state index < -0.39 is 24.1 Å². The summed E-state index contributed by atoms with van der Waals surface area (Å²) in [6, 6.07) is 11.7. The summed E-state index contributed by atoms with van der Waals surface area (Å²) in [5, 5.41) is 43.6. The number of piperidine rings is 1. The summed E-state index contributed by atoms with van der Waals surface area (Å²) in [5.41, 5.74) is 2.12. The Kier molecular flexibility index (Phi) is 10.7. The lowest BCUT2D eigenvalue weighted by molar-refractivity contribution is -0.605. The molecule has 0 amide bonds. The molecule has 1 aromatic heterocycles. The normalized spacial score (nSPS) is 17.7. The lowest BCUT2D eigenvalue weighted by atomic mass is 10.0. The number of pyridine rings is 1. The highest BCUT2D eigenvalue weighted by Gasteiger charge is 2.29. The van der Waals surface area contributed by atoms with E-state index in [2.05, 4.69) is 11.8 Å². The number of nitrogens with zero attached hydrogens (tertiary/aromatic N) is 2. The van der Waals surface area contributed by atoms with E-state index in [9.17, 15) is 14.8 Å². The number of likely N-dealkylation sites (tertiary alicyclic amines) is 1. The van der Waals surface area contributed by atoms with Crippen molar-refractivity contribution >= 4 is 11.9 Å². The molecule has 4 N–H and O–H groups in total. The van der Waals surface area contributed by atoms with E-state index in [0.29, 0.717) is 0 Å². The maximum absolute atomic E-state index is 11.1. The smallest absolute Gasteiger partial charge is 0.335 e. The first-order valence-corrected chi connectivity index (χ1v) is 11.1. The Hall–Kier alpha value is -3.21. The van der Waals surface area contributed by atoms with Crippen LogP contribution in [-0.2, 0) is 9.59 Å². The van der Waals surface area contributed by atoms with Crippen LogP contribution in [0, 0.1) is 11.1 Å². The SMILES string of the molecule is C[C@H]1CCCN(CCCOc2ccc(-c3cc[n+]([O-])cc3)cc2)C1.O=C(O)[C@H](O)[C@@H](O)C(=O)O. The second kappa shape index (κ2) is 13.5. The predicted octanol–water partition coefficient (Wildman–Crippen LogP) is 1.37. The van der Waals surface area contributed by atoms with Gasteiger partial charge < -0.3 is 35.3 Å². The molecule has 0 radical (unpaired) electrons. The summed E-state index contributed by atoms with van der Waals surface area (Å²) < 4.78 is 6.65. The lowest BCUT2D eigenvalue weighted by Gasteiger charge is -2.30. The number of ether oxygens (including phenoxy) is 1. The zero-order valence-corrected chi connectivity index (χ0v) is 19.1. The van der Waals surface area contributed by atoms with Crippen LogP contribution in [-0.4, -0.2) is 75.7 Å². The highest BCUT2D eigenvalue weighted by atomic mass is 16.5. The fraction of sp³-hybridized carbons (Fsp3) is 0.458. The van der Waals surface area contributed by atoms with Crippen molar-refractivity contribution in [2.24, 2.45) is 5.92 Å². The number of hydrogen-bond donors (Lipinski definition) is 4. The van der Waals surface area contributed by atoms with Crippen LogP contribution < -0.4 is 9.47 Å². The van der Waals surface area contributed by atoms with Crippen molar-refractivity contribution in [3.05, 3.63) is 54.0 Å². The van der Waals surface area contributed by atoms with Gasteiger partial charge in [-0.2, -0.15) is 4.73 Å². The number of hydrogen-bond acceptors (Lipinski definition) is 7. The molecule has 2 heterocycles. The van der Waals surface area contributed by atoms with E-state index in [4.69, 9.17) is 25.2 Å². The molecule has 1 aliphatic rings. The van der Waals surface area contributed by atoms with Crippen molar-refractivity contribution in [2.75, 3.05) is 26.2 Å². The minimum atomic E-state index is -2.27. The van der Waals surface area contributed by atoms with Gasteiger partial charge in [0, 0.05) is 25.2 Å². The second-order valence-corrected chi connectivity index (χ2v) is 8.29. The molecule has 0 unspecified atom stereocenters. The maximum atomic E-state index is 11.1. The first-order chi connectivity index (χ1) is 16.2. The molecule has 3 atom stereocenters. The molecular weight excluding hydrogens is 444 g/mol. The summed E-state index contributed by atoms with van der Waals surface area (Å²) >= 11 is 0. The van der Waals surface area contributed by atoms with Crippen LogP contribution in [0.4, 0.5) is 0 Å². The zero-order chi connectivity index (χ0) is 25.1. The monoisotopic (exact) mass is 476 g/mol. The Bertz CT molecular complexity index is 886. The van der Waals surface area contributed by atoms with Gasteiger partial charge in [-0.15, -0.1) is 0 Å². The van der Waals surface area contributed by atoms with Crippen LogP contribution in [0.2, 0.25) is 0 Å². The van der Waals surface area contributed by atoms with Gasteiger partial charge in [0.1, 0.15) is 5.75 Å². The van der Waals surface area contributed by atoms with Gasteiger partial charge in [-0.1, -0.05) is 19.1 Å². The molecule has 10 nitrogen and oxygen atoms in total. The summed E-state index contributed by atoms with van der Waals surface area (Å²) in [7, 11) is 0. The molecule has 0 bridgehead atoms. The minimum Gasteiger partial charge on any atom is -0.619 e. The van der Waals surface area contributed by atoms with Gasteiger partial charge >= 0.3 is 11.9 Å². The zero-order valence-electron chi connectivity index (χ0n) is 19.1. The van der Waals surface area contributed by atoms with Gasteiger partial charge in [0.2, 0.25) is 0 Å². The quantitative estimate of drug-likeness (QED) is 0.239. The number of benzene rings is 1. The van der Waals surface area contributed by atoms with Gasteiger partial charge in [0.05, 0.1) is 6.61 Å². The van der Waals surface area contributed by atoms with Gasteiger partial charge in [0.25, 0.3) is 0 Å². The average Bonchev–Trinajstić information content (AvgIpc) is 2.82. The van der Waals surface area contributed by atoms with Gasteiger partial charge in [-0.25, -0.2) is 9.59 Å². The van der Waals surface area contributed by atoms with Crippen LogP contribution in [0.15, 0.2) is 48.8 Å². The molecule has 0 saturated carbocycles. The molecule has 0 aliphatic carbocycles. The number of aliphatic carboxylic acids is 2. The molecule has 10 heteroatoms. The molecular formula is C24H32N2O8. The number of rotatable bonds is 9. The first kappa shape index (κ1) is 27.0. The molecule has 3 rings (SSSR count). The van der Waals surface area contributed by atoms with Crippen LogP contribution in [0.1, 0.15) is 26.2 Å². The van der Waals surface area contributed by atoms with E-state index in [1.807, 2.05) is 36.4 Å². The summed E-state index contributed by atoms with van der Waals surface area (Å²) in [4.78, 5) is 22.1. The standard InChI is InChI=1S/C20H26N2O2.C4H6O6/c1-17-4-2-11-21(16-17)12-3-15-24-20-7-5-18(6-8-20)19-9-13-22(23)14-10-19;5-1(3(7)8)2(6)4(9)10/h5-10,13-14,17H,2-4,11-12,15-16H2,1H3;1-2,5-6H,(H,7,8)(H,9,10)/t17-;1-,2-/m01/s1. The summed E-state index contributed by atoms with van der Waals surface area (Å²) in [6.45, 7) is 6.69. The van der Waals surface area contributed by atoms with E-state index in [1.165, 1.54) is 38.3 Å². The van der Waals surface area contributed by atoms with E-state index in [-0.39, 0.29) is 0 Å². The molecule has 1 fully saturated rings. The molecule has 0 spiro atoms. The highest BCUT2D eigenvalue weighted by molar-refractivity contribution is 5.83. The van der Waals surface area contributed by atoms with Crippen molar-refractivity contribution in [2.45, 2.75) is 38.4 Å². The molecule has 2 aromatic rings. The van der Waals surface area contributed by atoms with Crippen LogP contribution in [0.5, 0.6) is 5.75 Å². The molecule has 1 aromatic carbocycles. The molecule has 186 valence electrons. The van der Waals surface area contributed by atoms with Gasteiger partial charge in [-0.05, 0) is 55.0 Å². The molecule has 1 aliphatic heterocycles. The number of aliphatic hydroxyl groups is 2. The first-order valence-electron chi connectivity index (χ1n) is 11.1. The maximum Gasteiger partial charge on any atom is 0.335 e. The van der Waals surface area contributed by atoms with Gasteiger partial charge in [-0.3, -0.25) is 0 Å². The second-order valence-electron chi connectivity index (χ2n) is 8.29. The third-order valence-corrected chi connectivity index (χ3v) is 5.42.